The number of hydrogen-bond acceptors (Lipinski definition) is 3. The third kappa shape index (κ3) is 2.76. The van der Waals surface area contributed by atoms with Crippen LogP contribution in [0.5, 0.6) is 0 Å². The first-order valence-electron chi connectivity index (χ1n) is 5.14. The van der Waals surface area contributed by atoms with Gasteiger partial charge in [0.1, 0.15) is 5.82 Å². The smallest absolute Gasteiger partial charge is 0.127 e. The molecule has 1 heterocycles. The van der Waals surface area contributed by atoms with Crippen LogP contribution in [0.3, 0.4) is 0 Å². The lowest BCUT2D eigenvalue weighted by Crippen LogP contribution is -1.95. The van der Waals surface area contributed by atoms with Gasteiger partial charge in [-0.05, 0) is 25.1 Å². The van der Waals surface area contributed by atoms with E-state index < -0.39 is 0 Å². The van der Waals surface area contributed by atoms with Crippen molar-refractivity contribution in [1.29, 1.82) is 0 Å². The second-order valence-electron chi connectivity index (χ2n) is 3.65. The molecule has 0 aliphatic rings. The average molecular weight is 230 g/mol. The van der Waals surface area contributed by atoms with Crippen LogP contribution in [-0.2, 0) is 5.75 Å². The van der Waals surface area contributed by atoms with Gasteiger partial charge in [-0.1, -0.05) is 23.8 Å². The lowest BCUT2D eigenvalue weighted by atomic mass is 10.2. The van der Waals surface area contributed by atoms with Crippen LogP contribution in [0.15, 0.2) is 47.5 Å². The molecule has 0 unspecified atom stereocenters. The molecule has 0 amide bonds. The van der Waals surface area contributed by atoms with Crippen LogP contribution >= 0.6 is 11.8 Å². The van der Waals surface area contributed by atoms with Gasteiger partial charge < -0.3 is 5.73 Å². The van der Waals surface area contributed by atoms with E-state index in [2.05, 4.69) is 36.2 Å². The molecule has 1 aromatic carbocycles. The fourth-order valence-corrected chi connectivity index (χ4v) is 2.26. The molecule has 1 aromatic heterocycles. The Bertz CT molecular complexity index is 466. The van der Waals surface area contributed by atoms with Crippen LogP contribution < -0.4 is 5.73 Å². The van der Waals surface area contributed by atoms with Crippen LogP contribution in [0.2, 0.25) is 0 Å². The van der Waals surface area contributed by atoms with Crippen molar-refractivity contribution < 1.29 is 0 Å². The maximum Gasteiger partial charge on any atom is 0.127 e. The highest BCUT2D eigenvalue weighted by molar-refractivity contribution is 7.98. The summed E-state index contributed by atoms with van der Waals surface area (Å²) >= 11 is 1.78. The van der Waals surface area contributed by atoms with Gasteiger partial charge in [-0.3, -0.25) is 0 Å². The third-order valence-electron chi connectivity index (χ3n) is 2.34. The highest BCUT2D eigenvalue weighted by Crippen LogP contribution is 2.24. The standard InChI is InChI=1S/C13H14N2S/c1-10-4-6-12(7-5-10)16-9-11-3-2-8-15-13(11)14/h2-8H,9H2,1H3,(H2,14,15). The Morgan fingerprint density at radius 3 is 2.62 bits per heavy atom. The number of thioether (sulfide) groups is 1. The first-order chi connectivity index (χ1) is 7.75. The molecule has 2 aromatic rings. The summed E-state index contributed by atoms with van der Waals surface area (Å²) in [6.45, 7) is 2.09. The number of aryl methyl sites for hydroxylation is 1. The van der Waals surface area contributed by atoms with Crippen molar-refractivity contribution in [1.82, 2.24) is 4.98 Å². The minimum absolute atomic E-state index is 0.627. The lowest BCUT2D eigenvalue weighted by Gasteiger charge is -2.04. The zero-order valence-electron chi connectivity index (χ0n) is 9.18. The molecule has 0 atom stereocenters. The number of anilines is 1. The number of aromatic nitrogens is 1. The minimum Gasteiger partial charge on any atom is -0.383 e. The third-order valence-corrected chi connectivity index (χ3v) is 3.40. The molecule has 2 N–H and O–H groups in total. The summed E-state index contributed by atoms with van der Waals surface area (Å²) in [4.78, 5) is 5.33. The van der Waals surface area contributed by atoms with Crippen LogP contribution in [-0.4, -0.2) is 4.98 Å². The van der Waals surface area contributed by atoms with E-state index in [-0.39, 0.29) is 0 Å². The molecule has 0 aliphatic heterocycles. The Hall–Kier alpha value is -1.48. The number of nitrogen functional groups attached to an aromatic ring is 1. The van der Waals surface area contributed by atoms with Crippen LogP contribution in [0, 0.1) is 6.92 Å². The highest BCUT2D eigenvalue weighted by atomic mass is 32.2. The summed E-state index contributed by atoms with van der Waals surface area (Å²) in [5, 5.41) is 0. The molecule has 0 saturated heterocycles. The van der Waals surface area contributed by atoms with Gasteiger partial charge in [0.25, 0.3) is 0 Å². The number of nitrogens with zero attached hydrogens (tertiary/aromatic N) is 1. The summed E-state index contributed by atoms with van der Waals surface area (Å²) in [7, 11) is 0. The van der Waals surface area contributed by atoms with E-state index in [4.69, 9.17) is 5.73 Å². The van der Waals surface area contributed by atoms with Crippen molar-refractivity contribution in [3.8, 4) is 0 Å². The first-order valence-corrected chi connectivity index (χ1v) is 6.13. The highest BCUT2D eigenvalue weighted by Gasteiger charge is 2.00. The summed E-state index contributed by atoms with van der Waals surface area (Å²) in [6, 6.07) is 12.4. The van der Waals surface area contributed by atoms with E-state index in [1.807, 2.05) is 12.1 Å². The summed E-state index contributed by atoms with van der Waals surface area (Å²) in [6.07, 6.45) is 1.72. The van der Waals surface area contributed by atoms with Crippen molar-refractivity contribution in [2.75, 3.05) is 5.73 Å². The second-order valence-corrected chi connectivity index (χ2v) is 4.70. The van der Waals surface area contributed by atoms with Gasteiger partial charge in [0.15, 0.2) is 0 Å². The van der Waals surface area contributed by atoms with E-state index in [0.29, 0.717) is 5.82 Å². The molecular weight excluding hydrogens is 216 g/mol. The summed E-state index contributed by atoms with van der Waals surface area (Å²) in [5.74, 6) is 1.49. The monoisotopic (exact) mass is 230 g/mol. The van der Waals surface area contributed by atoms with Gasteiger partial charge in [0, 0.05) is 22.4 Å². The number of rotatable bonds is 3. The predicted octanol–water partition coefficient (Wildman–Crippen LogP) is 3.26. The Kier molecular flexibility index (Phi) is 3.47. The maximum absolute atomic E-state index is 5.78. The normalized spacial score (nSPS) is 10.3. The molecule has 2 nitrogen and oxygen atoms in total. The summed E-state index contributed by atoms with van der Waals surface area (Å²) in [5.41, 5.74) is 8.16. The van der Waals surface area contributed by atoms with Crippen LogP contribution in [0.1, 0.15) is 11.1 Å². The Morgan fingerprint density at radius 1 is 1.19 bits per heavy atom. The minimum atomic E-state index is 0.627. The van der Waals surface area contributed by atoms with Gasteiger partial charge in [0.05, 0.1) is 0 Å². The molecule has 2 rings (SSSR count). The summed E-state index contributed by atoms with van der Waals surface area (Å²) < 4.78 is 0. The molecule has 0 radical (unpaired) electrons. The van der Waals surface area contributed by atoms with Gasteiger partial charge in [0.2, 0.25) is 0 Å². The van der Waals surface area contributed by atoms with Crippen molar-refractivity contribution in [2.45, 2.75) is 17.6 Å². The molecule has 0 bridgehead atoms. The van der Waals surface area contributed by atoms with Crippen molar-refractivity contribution in [2.24, 2.45) is 0 Å². The van der Waals surface area contributed by atoms with Crippen LogP contribution in [0.4, 0.5) is 5.82 Å². The van der Waals surface area contributed by atoms with Gasteiger partial charge in [-0.15, -0.1) is 11.8 Å². The Balaban J connectivity index is 2.02. The Morgan fingerprint density at radius 2 is 1.94 bits per heavy atom. The second kappa shape index (κ2) is 5.03. The number of nitrogens with two attached hydrogens (primary N) is 1. The van der Waals surface area contributed by atoms with Gasteiger partial charge in [-0.25, -0.2) is 4.98 Å². The first kappa shape index (κ1) is 11.0. The number of pyridine rings is 1. The van der Waals surface area contributed by atoms with Gasteiger partial charge in [-0.2, -0.15) is 0 Å². The van der Waals surface area contributed by atoms with E-state index in [0.717, 1.165) is 11.3 Å². The molecule has 82 valence electrons. The predicted molar refractivity (Wildman–Crippen MR) is 69.4 cm³/mol. The van der Waals surface area contributed by atoms with Crippen LogP contribution in [0.25, 0.3) is 0 Å². The lowest BCUT2D eigenvalue weighted by molar-refractivity contribution is 1.26. The number of benzene rings is 1. The maximum atomic E-state index is 5.78. The van der Waals surface area contributed by atoms with Crippen molar-refractivity contribution >= 4 is 17.6 Å². The fourth-order valence-electron chi connectivity index (χ4n) is 1.37. The quantitative estimate of drug-likeness (QED) is 0.822. The van der Waals surface area contributed by atoms with E-state index in [9.17, 15) is 0 Å². The molecule has 3 heteroatoms. The topological polar surface area (TPSA) is 38.9 Å². The zero-order valence-corrected chi connectivity index (χ0v) is 10.00. The molecular formula is C13H14N2S. The van der Waals surface area contributed by atoms with Crippen molar-refractivity contribution in [3.63, 3.8) is 0 Å². The number of hydrogen-bond donors (Lipinski definition) is 1. The van der Waals surface area contributed by atoms with E-state index >= 15 is 0 Å². The molecule has 0 saturated carbocycles. The average Bonchev–Trinajstić information content (AvgIpc) is 2.30. The fraction of sp³-hybridized carbons (Fsp3) is 0.154. The molecule has 0 fully saturated rings. The van der Waals surface area contributed by atoms with E-state index in [1.165, 1.54) is 10.5 Å². The molecule has 0 aliphatic carbocycles. The Labute approximate surface area is 99.9 Å². The SMILES string of the molecule is Cc1ccc(SCc2cccnc2N)cc1. The van der Waals surface area contributed by atoms with Gasteiger partial charge >= 0.3 is 0 Å². The zero-order chi connectivity index (χ0) is 11.4. The van der Waals surface area contributed by atoms with E-state index in [1.54, 1.807) is 18.0 Å². The molecule has 16 heavy (non-hydrogen) atoms. The molecule has 0 spiro atoms. The van der Waals surface area contributed by atoms with Crippen molar-refractivity contribution in [3.05, 3.63) is 53.7 Å². The largest absolute Gasteiger partial charge is 0.383 e.